The van der Waals surface area contributed by atoms with E-state index in [1.807, 2.05) is 6.07 Å². The quantitative estimate of drug-likeness (QED) is 0.575. The molecule has 0 spiro atoms. The molecule has 0 atom stereocenters. The molecule has 0 radical (unpaired) electrons. The minimum absolute atomic E-state index is 0.0241. The predicted octanol–water partition coefficient (Wildman–Crippen LogP) is 1.89. The molecule has 1 aromatic rings. The molecule has 2 rings (SSSR count). The molecular formula is C12H16N2O2. The molecule has 0 aromatic heterocycles. The summed E-state index contributed by atoms with van der Waals surface area (Å²) in [6.45, 7) is 4.28. The molecule has 1 aliphatic rings. The number of anilines is 1. The van der Waals surface area contributed by atoms with E-state index in [-0.39, 0.29) is 11.5 Å². The summed E-state index contributed by atoms with van der Waals surface area (Å²) in [5.74, 6) is 0. The fraction of sp³-hybridized carbons (Fsp3) is 0.500. The van der Waals surface area contributed by atoms with Crippen LogP contribution in [0.2, 0.25) is 0 Å². The molecule has 16 heavy (non-hydrogen) atoms. The second-order valence-corrected chi connectivity index (χ2v) is 4.10. The van der Waals surface area contributed by atoms with Gasteiger partial charge in [-0.2, -0.15) is 0 Å². The molecule has 0 unspecified atom stereocenters. The number of hydrogen-bond donors (Lipinski definition) is 0. The fourth-order valence-corrected chi connectivity index (χ4v) is 2.23. The minimum Gasteiger partial charge on any atom is -0.371 e. The Balaban J connectivity index is 2.12. The van der Waals surface area contributed by atoms with Gasteiger partial charge in [0.05, 0.1) is 0 Å². The van der Waals surface area contributed by atoms with Gasteiger partial charge in [0, 0.05) is 30.1 Å². The van der Waals surface area contributed by atoms with Crippen molar-refractivity contribution in [2.75, 3.05) is 24.5 Å². The fourth-order valence-electron chi connectivity index (χ4n) is 2.23. The monoisotopic (exact) mass is 220 g/mol. The van der Waals surface area contributed by atoms with Crippen molar-refractivity contribution < 1.29 is 4.92 Å². The first-order chi connectivity index (χ1) is 7.70. The van der Waals surface area contributed by atoms with Gasteiger partial charge in [-0.25, -0.2) is 0 Å². The van der Waals surface area contributed by atoms with Crippen LogP contribution in [-0.4, -0.2) is 24.6 Å². The van der Waals surface area contributed by atoms with Crippen molar-refractivity contribution >= 4 is 5.69 Å². The van der Waals surface area contributed by atoms with Crippen molar-refractivity contribution in [2.45, 2.75) is 19.8 Å². The number of hydrogen-bond acceptors (Lipinski definition) is 3. The first kappa shape index (κ1) is 10.9. The molecule has 1 aliphatic heterocycles. The van der Waals surface area contributed by atoms with Crippen LogP contribution in [0.15, 0.2) is 18.2 Å². The highest BCUT2D eigenvalue weighted by molar-refractivity contribution is 5.59. The molecule has 0 N–H and O–H groups in total. The van der Waals surface area contributed by atoms with E-state index in [1.54, 1.807) is 0 Å². The van der Waals surface area contributed by atoms with Crippen molar-refractivity contribution in [2.24, 2.45) is 0 Å². The van der Waals surface area contributed by atoms with Crippen LogP contribution in [0.1, 0.15) is 18.1 Å². The second kappa shape index (κ2) is 4.51. The maximum atomic E-state index is 10.3. The van der Waals surface area contributed by atoms with Gasteiger partial charge in [0.25, 0.3) is 0 Å². The third-order valence-corrected chi connectivity index (χ3v) is 3.10. The molecule has 86 valence electrons. The molecule has 1 heterocycles. The highest BCUT2D eigenvalue weighted by atomic mass is 16.6. The van der Waals surface area contributed by atoms with Gasteiger partial charge in [0.15, 0.2) is 0 Å². The highest BCUT2D eigenvalue weighted by Gasteiger charge is 2.17. The predicted molar refractivity (Wildman–Crippen MR) is 63.6 cm³/mol. The largest absolute Gasteiger partial charge is 0.371 e. The lowest BCUT2D eigenvalue weighted by molar-refractivity contribution is -0.479. The van der Waals surface area contributed by atoms with Crippen molar-refractivity contribution in [1.29, 1.82) is 0 Å². The Kier molecular flexibility index (Phi) is 3.08. The molecule has 0 aliphatic carbocycles. The highest BCUT2D eigenvalue weighted by Crippen LogP contribution is 2.28. The van der Waals surface area contributed by atoms with Crippen molar-refractivity contribution in [3.63, 3.8) is 0 Å². The Morgan fingerprint density at radius 2 is 2.31 bits per heavy atom. The summed E-state index contributed by atoms with van der Waals surface area (Å²) >= 11 is 0. The summed E-state index contributed by atoms with van der Waals surface area (Å²) in [4.78, 5) is 12.4. The van der Waals surface area contributed by atoms with E-state index in [0.29, 0.717) is 6.42 Å². The third-order valence-electron chi connectivity index (χ3n) is 3.10. The van der Waals surface area contributed by atoms with Crippen LogP contribution in [-0.2, 0) is 12.8 Å². The Hall–Kier alpha value is -1.58. The van der Waals surface area contributed by atoms with E-state index in [9.17, 15) is 10.1 Å². The Morgan fingerprint density at radius 1 is 1.50 bits per heavy atom. The van der Waals surface area contributed by atoms with E-state index in [1.165, 1.54) is 11.3 Å². The van der Waals surface area contributed by atoms with E-state index in [0.717, 1.165) is 25.1 Å². The van der Waals surface area contributed by atoms with Gasteiger partial charge < -0.3 is 4.90 Å². The summed E-state index contributed by atoms with van der Waals surface area (Å²) in [7, 11) is 0. The van der Waals surface area contributed by atoms with Crippen molar-refractivity contribution in [1.82, 2.24) is 0 Å². The van der Waals surface area contributed by atoms with Crippen LogP contribution in [0.5, 0.6) is 0 Å². The van der Waals surface area contributed by atoms with Crippen LogP contribution in [0.3, 0.4) is 0 Å². The Morgan fingerprint density at radius 3 is 3.00 bits per heavy atom. The molecule has 0 amide bonds. The lowest BCUT2D eigenvalue weighted by atomic mass is 10.1. The average Bonchev–Trinajstić information content (AvgIpc) is 2.68. The topological polar surface area (TPSA) is 46.4 Å². The van der Waals surface area contributed by atoms with Crippen LogP contribution in [0.25, 0.3) is 0 Å². The second-order valence-electron chi connectivity index (χ2n) is 4.10. The van der Waals surface area contributed by atoms with E-state index < -0.39 is 0 Å². The number of rotatable bonds is 4. The Bertz CT molecular complexity index is 404. The number of benzene rings is 1. The maximum Gasteiger partial charge on any atom is 0.207 e. The smallest absolute Gasteiger partial charge is 0.207 e. The van der Waals surface area contributed by atoms with Gasteiger partial charge >= 0.3 is 0 Å². The van der Waals surface area contributed by atoms with Crippen molar-refractivity contribution in [3.05, 3.63) is 39.4 Å². The Labute approximate surface area is 95.0 Å². The van der Waals surface area contributed by atoms with Crippen molar-refractivity contribution in [3.8, 4) is 0 Å². The first-order valence-corrected chi connectivity index (χ1v) is 5.69. The zero-order chi connectivity index (χ0) is 11.5. The van der Waals surface area contributed by atoms with Gasteiger partial charge in [-0.1, -0.05) is 12.1 Å². The lowest BCUT2D eigenvalue weighted by Gasteiger charge is -2.16. The van der Waals surface area contributed by atoms with Gasteiger partial charge in [-0.15, -0.1) is 0 Å². The molecule has 1 aromatic carbocycles. The van der Waals surface area contributed by atoms with Gasteiger partial charge in [-0.3, -0.25) is 10.1 Å². The third kappa shape index (κ3) is 2.15. The SMILES string of the molecule is CCN1CCc2cc(CC[N+](=O)[O-])ccc21. The summed E-state index contributed by atoms with van der Waals surface area (Å²) < 4.78 is 0. The summed E-state index contributed by atoms with van der Waals surface area (Å²) in [6.07, 6.45) is 1.60. The number of fused-ring (bicyclic) bond motifs is 1. The molecule has 0 fully saturated rings. The number of likely N-dealkylation sites (N-methyl/N-ethyl adjacent to an activating group) is 1. The molecule has 4 nitrogen and oxygen atoms in total. The zero-order valence-electron chi connectivity index (χ0n) is 9.48. The first-order valence-electron chi connectivity index (χ1n) is 5.69. The van der Waals surface area contributed by atoms with Crippen LogP contribution >= 0.6 is 0 Å². The molecule has 0 saturated heterocycles. The zero-order valence-corrected chi connectivity index (χ0v) is 9.48. The van der Waals surface area contributed by atoms with E-state index >= 15 is 0 Å². The lowest BCUT2D eigenvalue weighted by Crippen LogP contribution is -2.19. The maximum absolute atomic E-state index is 10.3. The number of nitrogens with zero attached hydrogens (tertiary/aromatic N) is 2. The van der Waals surface area contributed by atoms with Crippen LogP contribution in [0.4, 0.5) is 5.69 Å². The summed E-state index contributed by atoms with van der Waals surface area (Å²) in [5.41, 5.74) is 3.71. The summed E-state index contributed by atoms with van der Waals surface area (Å²) in [5, 5.41) is 10.3. The summed E-state index contributed by atoms with van der Waals surface area (Å²) in [6, 6.07) is 6.23. The molecular weight excluding hydrogens is 204 g/mol. The molecule has 4 heteroatoms. The van der Waals surface area contributed by atoms with Crippen LogP contribution in [0, 0.1) is 10.1 Å². The van der Waals surface area contributed by atoms with E-state index in [4.69, 9.17) is 0 Å². The van der Waals surface area contributed by atoms with Gasteiger partial charge in [-0.05, 0) is 30.5 Å². The van der Waals surface area contributed by atoms with Gasteiger partial charge in [0.2, 0.25) is 6.54 Å². The average molecular weight is 220 g/mol. The normalized spacial score (nSPS) is 13.9. The molecule has 0 saturated carbocycles. The standard InChI is InChI=1S/C12H16N2O2/c1-2-13-7-6-11-9-10(3-4-12(11)13)5-8-14(15)16/h3-4,9H,2,5-8H2,1H3. The van der Waals surface area contributed by atoms with E-state index in [2.05, 4.69) is 24.0 Å². The number of nitro groups is 1. The van der Waals surface area contributed by atoms with Crippen LogP contribution < -0.4 is 4.90 Å². The van der Waals surface area contributed by atoms with Gasteiger partial charge in [0.1, 0.15) is 0 Å². The molecule has 0 bridgehead atoms. The minimum atomic E-state index is -0.258.